The number of imidazole rings is 1. The number of fused-ring (bicyclic) bond motifs is 1. The van der Waals surface area contributed by atoms with E-state index in [4.69, 9.17) is 4.74 Å². The number of nitrogens with one attached hydrogen (secondary N) is 1. The van der Waals surface area contributed by atoms with Gasteiger partial charge in [-0.1, -0.05) is 0 Å². The summed E-state index contributed by atoms with van der Waals surface area (Å²) in [5, 5.41) is 0. The predicted octanol–water partition coefficient (Wildman–Crippen LogP) is 3.08. The minimum Gasteiger partial charge on any atom is -0.494 e. The van der Waals surface area contributed by atoms with Crippen molar-refractivity contribution in [3.05, 3.63) is 41.8 Å². The van der Waals surface area contributed by atoms with Crippen molar-refractivity contribution in [2.45, 2.75) is 6.92 Å². The van der Waals surface area contributed by atoms with Gasteiger partial charge in [0.1, 0.15) is 5.82 Å². The van der Waals surface area contributed by atoms with Crippen molar-refractivity contribution in [1.82, 2.24) is 15.0 Å². The average Bonchev–Trinajstić information content (AvgIpc) is 2.82. The van der Waals surface area contributed by atoms with Gasteiger partial charge in [-0.05, 0) is 37.3 Å². The lowest BCUT2D eigenvalue weighted by Gasteiger charge is -2.03. The molecule has 0 bridgehead atoms. The van der Waals surface area contributed by atoms with E-state index in [2.05, 4.69) is 15.0 Å². The molecule has 0 saturated carbocycles. The zero-order valence-electron chi connectivity index (χ0n) is 10.6. The number of aryl methyl sites for hydroxylation is 1. The van der Waals surface area contributed by atoms with E-state index in [1.54, 1.807) is 12.1 Å². The van der Waals surface area contributed by atoms with Gasteiger partial charge >= 0.3 is 0 Å². The largest absolute Gasteiger partial charge is 0.494 e. The van der Waals surface area contributed by atoms with Gasteiger partial charge < -0.3 is 9.72 Å². The number of H-pyrrole nitrogens is 1. The molecule has 1 N–H and O–H groups in total. The molecule has 2 heterocycles. The third-order valence-corrected chi connectivity index (χ3v) is 2.91. The van der Waals surface area contributed by atoms with Crippen LogP contribution in [0.5, 0.6) is 5.75 Å². The standard InChI is InChI=1S/C14H12FN3O/c1-8-3-6-11-14(16-8)18-13(17-11)9-4-5-10(15)12(7-9)19-2/h3-7H,1-2H3,(H,16,17,18). The monoisotopic (exact) mass is 257 g/mol. The fourth-order valence-corrected chi connectivity index (χ4v) is 1.93. The molecule has 2 aromatic heterocycles. The Bertz CT molecular complexity index is 752. The molecule has 0 aliphatic carbocycles. The smallest absolute Gasteiger partial charge is 0.178 e. The number of ether oxygens (including phenoxy) is 1. The molecule has 0 fully saturated rings. The van der Waals surface area contributed by atoms with Crippen LogP contribution in [0.15, 0.2) is 30.3 Å². The van der Waals surface area contributed by atoms with E-state index in [-0.39, 0.29) is 5.75 Å². The molecule has 1 aromatic carbocycles. The molecule has 4 nitrogen and oxygen atoms in total. The Morgan fingerprint density at radius 3 is 2.79 bits per heavy atom. The summed E-state index contributed by atoms with van der Waals surface area (Å²) in [7, 11) is 1.44. The van der Waals surface area contributed by atoms with Crippen LogP contribution in [0.25, 0.3) is 22.6 Å². The van der Waals surface area contributed by atoms with Crippen LogP contribution in [0.4, 0.5) is 4.39 Å². The fourth-order valence-electron chi connectivity index (χ4n) is 1.93. The summed E-state index contributed by atoms with van der Waals surface area (Å²) in [4.78, 5) is 11.9. The molecule has 0 unspecified atom stereocenters. The normalized spacial score (nSPS) is 10.9. The molecule has 0 atom stereocenters. The molecule has 3 aromatic rings. The summed E-state index contributed by atoms with van der Waals surface area (Å²) in [5.74, 6) is 0.449. The maximum atomic E-state index is 13.4. The zero-order valence-corrected chi connectivity index (χ0v) is 10.6. The summed E-state index contributed by atoms with van der Waals surface area (Å²) in [6.45, 7) is 1.91. The van der Waals surface area contributed by atoms with Crippen LogP contribution in [-0.2, 0) is 0 Å². The molecule has 96 valence electrons. The van der Waals surface area contributed by atoms with Crippen molar-refractivity contribution in [2.75, 3.05) is 7.11 Å². The Morgan fingerprint density at radius 2 is 2.00 bits per heavy atom. The van der Waals surface area contributed by atoms with E-state index in [1.807, 2.05) is 19.1 Å². The van der Waals surface area contributed by atoms with Gasteiger partial charge in [-0.25, -0.2) is 14.4 Å². The Hall–Kier alpha value is -2.43. The lowest BCUT2D eigenvalue weighted by atomic mass is 10.2. The Morgan fingerprint density at radius 1 is 1.16 bits per heavy atom. The van der Waals surface area contributed by atoms with E-state index < -0.39 is 5.82 Å². The van der Waals surface area contributed by atoms with Gasteiger partial charge in [0, 0.05) is 11.3 Å². The molecule has 0 amide bonds. The third kappa shape index (κ3) is 2.03. The van der Waals surface area contributed by atoms with Crippen LogP contribution >= 0.6 is 0 Å². The first-order valence-corrected chi connectivity index (χ1v) is 5.84. The van der Waals surface area contributed by atoms with Crippen molar-refractivity contribution in [3.8, 4) is 17.1 Å². The number of nitrogens with zero attached hydrogens (tertiary/aromatic N) is 2. The summed E-state index contributed by atoms with van der Waals surface area (Å²) < 4.78 is 18.3. The summed E-state index contributed by atoms with van der Waals surface area (Å²) in [6, 6.07) is 8.47. The second-order valence-electron chi connectivity index (χ2n) is 4.26. The van der Waals surface area contributed by atoms with E-state index >= 15 is 0 Å². The molecule has 0 radical (unpaired) electrons. The van der Waals surface area contributed by atoms with Crippen LogP contribution in [0.2, 0.25) is 0 Å². The Balaban J connectivity index is 2.13. The number of hydrogen-bond donors (Lipinski definition) is 1. The van der Waals surface area contributed by atoms with E-state index in [0.29, 0.717) is 11.5 Å². The molecular formula is C14H12FN3O. The second kappa shape index (κ2) is 4.35. The van der Waals surface area contributed by atoms with Gasteiger partial charge in [0.25, 0.3) is 0 Å². The first-order chi connectivity index (χ1) is 9.17. The maximum Gasteiger partial charge on any atom is 0.178 e. The number of rotatable bonds is 2. The average molecular weight is 257 g/mol. The van der Waals surface area contributed by atoms with Crippen molar-refractivity contribution in [1.29, 1.82) is 0 Å². The highest BCUT2D eigenvalue weighted by Gasteiger charge is 2.09. The van der Waals surface area contributed by atoms with E-state index in [0.717, 1.165) is 16.8 Å². The number of methoxy groups -OCH3 is 1. The lowest BCUT2D eigenvalue weighted by Crippen LogP contribution is -1.89. The lowest BCUT2D eigenvalue weighted by molar-refractivity contribution is 0.387. The highest BCUT2D eigenvalue weighted by Crippen LogP contribution is 2.25. The number of aromatic amines is 1. The Labute approximate surface area is 109 Å². The SMILES string of the molecule is COc1cc(-c2nc3nc(C)ccc3[nH]2)ccc1F. The van der Waals surface area contributed by atoms with Crippen LogP contribution in [0.3, 0.4) is 0 Å². The van der Waals surface area contributed by atoms with Crippen LogP contribution in [-0.4, -0.2) is 22.1 Å². The Kier molecular flexibility index (Phi) is 2.67. The number of hydrogen-bond acceptors (Lipinski definition) is 3. The summed E-state index contributed by atoms with van der Waals surface area (Å²) in [5.41, 5.74) is 3.17. The molecule has 0 aliphatic rings. The highest BCUT2D eigenvalue weighted by molar-refractivity contribution is 5.76. The first kappa shape index (κ1) is 11.6. The topological polar surface area (TPSA) is 50.8 Å². The second-order valence-corrected chi connectivity index (χ2v) is 4.26. The van der Waals surface area contributed by atoms with Gasteiger partial charge in [-0.15, -0.1) is 0 Å². The van der Waals surface area contributed by atoms with Gasteiger partial charge in [0.15, 0.2) is 17.2 Å². The van der Waals surface area contributed by atoms with Gasteiger partial charge in [-0.3, -0.25) is 0 Å². The minimum absolute atomic E-state index is 0.196. The minimum atomic E-state index is -0.392. The van der Waals surface area contributed by atoms with Crippen molar-refractivity contribution >= 4 is 11.2 Å². The molecule has 5 heteroatoms. The number of halogens is 1. The quantitative estimate of drug-likeness (QED) is 0.767. The molecule has 0 aliphatic heterocycles. The maximum absolute atomic E-state index is 13.4. The van der Waals surface area contributed by atoms with Crippen LogP contribution in [0.1, 0.15) is 5.69 Å². The summed E-state index contributed by atoms with van der Waals surface area (Å²) >= 11 is 0. The number of pyridine rings is 1. The van der Waals surface area contributed by atoms with Crippen LogP contribution in [0, 0.1) is 12.7 Å². The third-order valence-electron chi connectivity index (χ3n) is 2.91. The van der Waals surface area contributed by atoms with Gasteiger partial charge in [0.05, 0.1) is 12.6 Å². The van der Waals surface area contributed by atoms with Gasteiger partial charge in [0.2, 0.25) is 0 Å². The van der Waals surface area contributed by atoms with Crippen molar-refractivity contribution in [2.24, 2.45) is 0 Å². The van der Waals surface area contributed by atoms with E-state index in [9.17, 15) is 4.39 Å². The van der Waals surface area contributed by atoms with Gasteiger partial charge in [-0.2, -0.15) is 0 Å². The van der Waals surface area contributed by atoms with Crippen LogP contribution < -0.4 is 4.74 Å². The number of benzene rings is 1. The molecule has 3 rings (SSSR count). The highest BCUT2D eigenvalue weighted by atomic mass is 19.1. The molecule has 0 saturated heterocycles. The summed E-state index contributed by atoms with van der Waals surface area (Å²) in [6.07, 6.45) is 0. The first-order valence-electron chi connectivity index (χ1n) is 5.84. The fraction of sp³-hybridized carbons (Fsp3) is 0.143. The molecule has 0 spiro atoms. The van der Waals surface area contributed by atoms with Crippen molar-refractivity contribution < 1.29 is 9.13 Å². The zero-order chi connectivity index (χ0) is 13.4. The van der Waals surface area contributed by atoms with E-state index in [1.165, 1.54) is 13.2 Å². The molecule has 19 heavy (non-hydrogen) atoms. The molecular weight excluding hydrogens is 245 g/mol. The number of aromatic nitrogens is 3. The van der Waals surface area contributed by atoms with Crippen molar-refractivity contribution in [3.63, 3.8) is 0 Å². The predicted molar refractivity (Wildman–Crippen MR) is 70.6 cm³/mol.